The van der Waals surface area contributed by atoms with E-state index in [1.165, 1.54) is 6.21 Å². The Bertz CT molecular complexity index is 999. The Kier molecular flexibility index (Phi) is 6.73. The number of hydrazone groups is 1. The van der Waals surface area contributed by atoms with Crippen LogP contribution in [0.4, 0.5) is 0 Å². The van der Waals surface area contributed by atoms with Crippen molar-refractivity contribution >= 4 is 18.0 Å². The molecule has 0 aromatic heterocycles. The summed E-state index contributed by atoms with van der Waals surface area (Å²) in [7, 11) is 0. The second-order valence-corrected chi connectivity index (χ2v) is 6.33. The number of para-hydroxylation sites is 1. The molecule has 0 spiro atoms. The number of hydrogen-bond donors (Lipinski definition) is 2. The monoisotopic (exact) mass is 387 g/mol. The Morgan fingerprint density at radius 2 is 1.66 bits per heavy atom. The molecule has 0 fully saturated rings. The molecule has 3 aromatic carbocycles. The Morgan fingerprint density at radius 1 is 0.931 bits per heavy atom. The minimum absolute atomic E-state index is 0.165. The number of nitrogens with zero attached hydrogens (tertiary/aromatic N) is 1. The Morgan fingerprint density at radius 3 is 2.41 bits per heavy atom. The summed E-state index contributed by atoms with van der Waals surface area (Å²) in [5.41, 5.74) is 4.72. The lowest BCUT2D eigenvalue weighted by Gasteiger charge is -2.06. The zero-order chi connectivity index (χ0) is 20.5. The van der Waals surface area contributed by atoms with E-state index < -0.39 is 5.91 Å². The number of rotatable bonds is 7. The van der Waals surface area contributed by atoms with Crippen LogP contribution >= 0.6 is 0 Å². The van der Waals surface area contributed by atoms with Crippen LogP contribution in [0.2, 0.25) is 0 Å². The first-order valence-corrected chi connectivity index (χ1v) is 9.10. The summed E-state index contributed by atoms with van der Waals surface area (Å²) in [6.07, 6.45) is 1.51. The van der Waals surface area contributed by atoms with Crippen LogP contribution in [0.15, 0.2) is 84.0 Å². The molecule has 0 radical (unpaired) electrons. The van der Waals surface area contributed by atoms with Gasteiger partial charge in [-0.25, -0.2) is 5.43 Å². The van der Waals surface area contributed by atoms with Gasteiger partial charge in [0.15, 0.2) is 0 Å². The Balaban J connectivity index is 1.48. The average Bonchev–Trinajstić information content (AvgIpc) is 2.73. The van der Waals surface area contributed by atoms with Crippen molar-refractivity contribution < 1.29 is 14.3 Å². The molecule has 0 aliphatic heterocycles. The fraction of sp³-hybridized carbons (Fsp3) is 0.0870. The minimum atomic E-state index is -0.418. The molecule has 6 nitrogen and oxygen atoms in total. The SMILES string of the molecule is Cc1ccc(C(=O)NCC(=O)N/N=C\c2cccc(Oc3ccccc3)c2)cc1. The van der Waals surface area contributed by atoms with E-state index in [0.717, 1.165) is 16.9 Å². The number of carbonyl (C=O) groups excluding carboxylic acids is 2. The van der Waals surface area contributed by atoms with Gasteiger partial charge in [0.1, 0.15) is 11.5 Å². The van der Waals surface area contributed by atoms with E-state index in [2.05, 4.69) is 15.8 Å². The zero-order valence-corrected chi connectivity index (χ0v) is 16.0. The van der Waals surface area contributed by atoms with E-state index in [-0.39, 0.29) is 12.5 Å². The number of nitrogens with one attached hydrogen (secondary N) is 2. The maximum Gasteiger partial charge on any atom is 0.259 e. The van der Waals surface area contributed by atoms with Crippen LogP contribution < -0.4 is 15.5 Å². The van der Waals surface area contributed by atoms with E-state index in [4.69, 9.17) is 4.74 Å². The van der Waals surface area contributed by atoms with Gasteiger partial charge in [0.05, 0.1) is 12.8 Å². The fourth-order valence-electron chi connectivity index (χ4n) is 2.47. The molecule has 29 heavy (non-hydrogen) atoms. The lowest BCUT2D eigenvalue weighted by atomic mass is 10.1. The summed E-state index contributed by atoms with van der Waals surface area (Å²) in [5, 5.41) is 6.48. The molecule has 2 amide bonds. The van der Waals surface area contributed by atoms with Gasteiger partial charge >= 0.3 is 0 Å². The normalized spacial score (nSPS) is 10.5. The van der Waals surface area contributed by atoms with Gasteiger partial charge in [-0.1, -0.05) is 48.0 Å². The van der Waals surface area contributed by atoms with Crippen LogP contribution in [0, 0.1) is 6.92 Å². The van der Waals surface area contributed by atoms with Crippen LogP contribution in [0.3, 0.4) is 0 Å². The maximum absolute atomic E-state index is 12.0. The van der Waals surface area contributed by atoms with Gasteiger partial charge in [0.25, 0.3) is 11.8 Å². The number of aryl methyl sites for hydroxylation is 1. The molecule has 0 atom stereocenters. The summed E-state index contributed by atoms with van der Waals surface area (Å²) < 4.78 is 5.76. The quantitative estimate of drug-likeness (QED) is 0.480. The van der Waals surface area contributed by atoms with Crippen LogP contribution in [0.1, 0.15) is 21.5 Å². The lowest BCUT2D eigenvalue weighted by Crippen LogP contribution is -2.34. The van der Waals surface area contributed by atoms with Crippen molar-refractivity contribution in [3.63, 3.8) is 0 Å². The first-order chi connectivity index (χ1) is 14.1. The third-order valence-corrected chi connectivity index (χ3v) is 3.96. The molecule has 3 aromatic rings. The Labute approximate surface area is 169 Å². The minimum Gasteiger partial charge on any atom is -0.457 e. The van der Waals surface area contributed by atoms with E-state index in [0.29, 0.717) is 11.3 Å². The molecule has 2 N–H and O–H groups in total. The van der Waals surface area contributed by atoms with Gasteiger partial charge in [0.2, 0.25) is 0 Å². The highest BCUT2D eigenvalue weighted by Crippen LogP contribution is 2.21. The standard InChI is InChI=1S/C23H21N3O3/c1-17-10-12-19(13-11-17)23(28)24-16-22(27)26-25-15-18-6-5-9-21(14-18)29-20-7-3-2-4-8-20/h2-15H,16H2,1H3,(H,24,28)(H,26,27)/b25-15-. The molecule has 146 valence electrons. The van der Waals surface area contributed by atoms with Crippen molar-refractivity contribution in [1.82, 2.24) is 10.7 Å². The largest absolute Gasteiger partial charge is 0.457 e. The highest BCUT2D eigenvalue weighted by Gasteiger charge is 2.07. The topological polar surface area (TPSA) is 79.8 Å². The molecule has 0 heterocycles. The first kappa shape index (κ1) is 19.8. The van der Waals surface area contributed by atoms with E-state index in [1.807, 2.05) is 73.7 Å². The predicted molar refractivity (Wildman–Crippen MR) is 112 cm³/mol. The second kappa shape index (κ2) is 9.85. The summed E-state index contributed by atoms with van der Waals surface area (Å²) in [4.78, 5) is 23.9. The molecule has 0 saturated carbocycles. The highest BCUT2D eigenvalue weighted by atomic mass is 16.5. The van der Waals surface area contributed by atoms with Gasteiger partial charge in [-0.2, -0.15) is 5.10 Å². The summed E-state index contributed by atoms with van der Waals surface area (Å²) in [6.45, 7) is 1.78. The molecule has 0 aliphatic rings. The zero-order valence-electron chi connectivity index (χ0n) is 16.0. The van der Waals surface area contributed by atoms with Crippen molar-refractivity contribution in [2.24, 2.45) is 5.10 Å². The molecule has 6 heteroatoms. The van der Waals surface area contributed by atoms with E-state index in [1.54, 1.807) is 12.1 Å². The lowest BCUT2D eigenvalue weighted by molar-refractivity contribution is -0.120. The van der Waals surface area contributed by atoms with Gasteiger partial charge in [-0.15, -0.1) is 0 Å². The van der Waals surface area contributed by atoms with Crippen LogP contribution in [-0.4, -0.2) is 24.6 Å². The van der Waals surface area contributed by atoms with Gasteiger partial charge in [-0.3, -0.25) is 9.59 Å². The average molecular weight is 387 g/mol. The highest BCUT2D eigenvalue weighted by molar-refractivity contribution is 5.96. The van der Waals surface area contributed by atoms with Crippen molar-refractivity contribution in [2.75, 3.05) is 6.54 Å². The molecule has 0 aliphatic carbocycles. The number of hydrogen-bond acceptors (Lipinski definition) is 4. The summed E-state index contributed by atoms with van der Waals surface area (Å²) >= 11 is 0. The number of amides is 2. The molecular weight excluding hydrogens is 366 g/mol. The van der Waals surface area contributed by atoms with Crippen molar-refractivity contribution in [3.05, 3.63) is 95.6 Å². The number of ether oxygens (including phenoxy) is 1. The van der Waals surface area contributed by atoms with Gasteiger partial charge in [-0.05, 0) is 48.9 Å². The van der Waals surface area contributed by atoms with E-state index >= 15 is 0 Å². The van der Waals surface area contributed by atoms with Crippen molar-refractivity contribution in [2.45, 2.75) is 6.92 Å². The predicted octanol–water partition coefficient (Wildman–Crippen LogP) is 3.67. The van der Waals surface area contributed by atoms with Gasteiger partial charge < -0.3 is 10.1 Å². The van der Waals surface area contributed by atoms with Crippen molar-refractivity contribution in [3.8, 4) is 11.5 Å². The number of carbonyl (C=O) groups is 2. The molecule has 0 saturated heterocycles. The van der Waals surface area contributed by atoms with E-state index in [9.17, 15) is 9.59 Å². The second-order valence-electron chi connectivity index (χ2n) is 6.33. The Hall–Kier alpha value is -3.93. The number of benzene rings is 3. The van der Waals surface area contributed by atoms with Crippen molar-refractivity contribution in [1.29, 1.82) is 0 Å². The molecule has 3 rings (SSSR count). The summed E-state index contributed by atoms with van der Waals surface area (Å²) in [6, 6.07) is 23.9. The fourth-order valence-corrected chi connectivity index (χ4v) is 2.47. The first-order valence-electron chi connectivity index (χ1n) is 9.10. The maximum atomic E-state index is 12.0. The summed E-state index contributed by atoms with van der Waals surface area (Å²) in [5.74, 6) is 0.671. The van der Waals surface area contributed by atoms with Crippen LogP contribution in [0.5, 0.6) is 11.5 Å². The third-order valence-electron chi connectivity index (χ3n) is 3.96. The molecule has 0 unspecified atom stereocenters. The molecule has 0 bridgehead atoms. The molecular formula is C23H21N3O3. The van der Waals surface area contributed by atoms with Crippen LogP contribution in [-0.2, 0) is 4.79 Å². The van der Waals surface area contributed by atoms with Crippen LogP contribution in [0.25, 0.3) is 0 Å². The van der Waals surface area contributed by atoms with Gasteiger partial charge in [0, 0.05) is 5.56 Å². The third kappa shape index (κ3) is 6.32. The smallest absolute Gasteiger partial charge is 0.259 e.